The molecule has 0 saturated carbocycles. The fourth-order valence-corrected chi connectivity index (χ4v) is 3.33. The smallest absolute Gasteiger partial charge is 0.323 e. The van der Waals surface area contributed by atoms with Crippen molar-refractivity contribution >= 4 is 5.91 Å². The third-order valence-corrected chi connectivity index (χ3v) is 4.45. The summed E-state index contributed by atoms with van der Waals surface area (Å²) in [7, 11) is 0. The predicted molar refractivity (Wildman–Crippen MR) is 92.9 cm³/mol. The molecule has 0 radical (unpaired) electrons. The van der Waals surface area contributed by atoms with Gasteiger partial charge in [-0.2, -0.15) is 0 Å². The average molecular weight is 328 g/mol. The van der Waals surface area contributed by atoms with Gasteiger partial charge in [0, 0.05) is 38.4 Å². The summed E-state index contributed by atoms with van der Waals surface area (Å²) in [6.07, 6.45) is 0. The molecule has 128 valence electrons. The van der Waals surface area contributed by atoms with Gasteiger partial charge in [-0.15, -0.1) is 0 Å². The molecule has 1 saturated heterocycles. The lowest BCUT2D eigenvalue weighted by atomic mass is 10.1. The van der Waals surface area contributed by atoms with Gasteiger partial charge >= 0.3 is 5.69 Å². The number of aryl methyl sites for hydroxylation is 1. The quantitative estimate of drug-likeness (QED) is 0.899. The van der Waals surface area contributed by atoms with Crippen molar-refractivity contribution in [1.82, 2.24) is 19.8 Å². The van der Waals surface area contributed by atoms with Crippen LogP contribution in [-0.2, 0) is 6.54 Å². The van der Waals surface area contributed by atoms with Crippen LogP contribution in [0.1, 0.15) is 28.7 Å². The highest BCUT2D eigenvalue weighted by molar-refractivity contribution is 5.93. The molecule has 1 unspecified atom stereocenters. The molecule has 0 spiro atoms. The summed E-state index contributed by atoms with van der Waals surface area (Å²) >= 11 is 0. The molecule has 1 fully saturated rings. The van der Waals surface area contributed by atoms with Gasteiger partial charge in [0.2, 0.25) is 0 Å². The van der Waals surface area contributed by atoms with Gasteiger partial charge in [0.25, 0.3) is 5.91 Å². The molecule has 1 aliphatic heterocycles. The van der Waals surface area contributed by atoms with Gasteiger partial charge in [-0.05, 0) is 18.4 Å². The number of benzene rings is 1. The third-order valence-electron chi connectivity index (χ3n) is 4.45. The van der Waals surface area contributed by atoms with Gasteiger partial charge in [0.15, 0.2) is 0 Å². The maximum atomic E-state index is 12.7. The van der Waals surface area contributed by atoms with Crippen LogP contribution in [0.3, 0.4) is 0 Å². The Morgan fingerprint density at radius 1 is 1.17 bits per heavy atom. The Morgan fingerprint density at radius 2 is 1.92 bits per heavy atom. The molecule has 24 heavy (non-hydrogen) atoms. The van der Waals surface area contributed by atoms with E-state index >= 15 is 0 Å². The molecule has 1 aromatic carbocycles. The number of nitrogens with zero attached hydrogens (tertiary/aromatic N) is 2. The van der Waals surface area contributed by atoms with Crippen molar-refractivity contribution in [2.75, 3.05) is 26.2 Å². The van der Waals surface area contributed by atoms with E-state index < -0.39 is 0 Å². The van der Waals surface area contributed by atoms with E-state index in [0.29, 0.717) is 30.4 Å². The van der Waals surface area contributed by atoms with Crippen LogP contribution in [0.15, 0.2) is 35.1 Å². The largest absolute Gasteiger partial charge is 0.336 e. The van der Waals surface area contributed by atoms with Crippen LogP contribution in [0, 0.1) is 12.8 Å². The van der Waals surface area contributed by atoms with Crippen LogP contribution < -0.4 is 5.69 Å². The monoisotopic (exact) mass is 328 g/mol. The van der Waals surface area contributed by atoms with E-state index in [1.165, 1.54) is 5.56 Å². The van der Waals surface area contributed by atoms with Gasteiger partial charge in [0.05, 0.1) is 0 Å². The number of amides is 1. The standard InChI is InChI=1S/C18H24N4O2/c1-13-10-21(12-15-6-4-3-5-7-15)8-9-22(11-13)17(23)16-14(2)19-18(24)20-16/h3-7,13H,8-12H2,1-2H3,(H2,19,20,24). The minimum absolute atomic E-state index is 0.0979. The Balaban J connectivity index is 1.69. The molecule has 2 aromatic rings. The second-order valence-corrected chi connectivity index (χ2v) is 6.66. The van der Waals surface area contributed by atoms with Crippen molar-refractivity contribution < 1.29 is 4.79 Å². The Morgan fingerprint density at radius 3 is 2.58 bits per heavy atom. The zero-order chi connectivity index (χ0) is 17.1. The lowest BCUT2D eigenvalue weighted by Gasteiger charge is -2.21. The first-order chi connectivity index (χ1) is 11.5. The van der Waals surface area contributed by atoms with Crippen LogP contribution in [0.5, 0.6) is 0 Å². The van der Waals surface area contributed by atoms with Gasteiger partial charge in [0.1, 0.15) is 5.69 Å². The number of imidazole rings is 1. The van der Waals surface area contributed by atoms with Gasteiger partial charge < -0.3 is 14.9 Å². The van der Waals surface area contributed by atoms with Crippen LogP contribution >= 0.6 is 0 Å². The van der Waals surface area contributed by atoms with Crippen molar-refractivity contribution in [3.63, 3.8) is 0 Å². The number of rotatable bonds is 3. The lowest BCUT2D eigenvalue weighted by molar-refractivity contribution is 0.0742. The second-order valence-electron chi connectivity index (χ2n) is 6.66. The number of hydrogen-bond acceptors (Lipinski definition) is 3. The van der Waals surface area contributed by atoms with E-state index in [2.05, 4.69) is 46.1 Å². The number of carbonyl (C=O) groups is 1. The number of aromatic nitrogens is 2. The highest BCUT2D eigenvalue weighted by atomic mass is 16.2. The molecule has 0 bridgehead atoms. The topological polar surface area (TPSA) is 72.2 Å². The van der Waals surface area contributed by atoms with Gasteiger partial charge in [-0.1, -0.05) is 37.3 Å². The molecule has 2 heterocycles. The summed E-state index contributed by atoms with van der Waals surface area (Å²) in [6.45, 7) is 7.97. The number of hydrogen-bond donors (Lipinski definition) is 2. The van der Waals surface area contributed by atoms with Crippen molar-refractivity contribution in [1.29, 1.82) is 0 Å². The summed E-state index contributed by atoms with van der Waals surface area (Å²) in [4.78, 5) is 33.6. The van der Waals surface area contributed by atoms with Crippen LogP contribution in [0.4, 0.5) is 0 Å². The first-order valence-corrected chi connectivity index (χ1v) is 8.37. The highest BCUT2D eigenvalue weighted by Crippen LogP contribution is 2.15. The summed E-state index contributed by atoms with van der Waals surface area (Å²) in [5, 5.41) is 0. The third kappa shape index (κ3) is 3.76. The number of carbonyl (C=O) groups excluding carboxylic acids is 1. The van der Waals surface area contributed by atoms with Crippen LogP contribution in [0.2, 0.25) is 0 Å². The van der Waals surface area contributed by atoms with Gasteiger partial charge in [-0.25, -0.2) is 4.79 Å². The number of aromatic amines is 2. The number of nitrogens with one attached hydrogen (secondary N) is 2. The Bertz CT molecular complexity index is 750. The van der Waals surface area contributed by atoms with E-state index in [-0.39, 0.29) is 11.6 Å². The van der Waals surface area contributed by atoms with Crippen molar-refractivity contribution in [2.24, 2.45) is 5.92 Å². The Labute approximate surface area is 141 Å². The first kappa shape index (κ1) is 16.5. The van der Waals surface area contributed by atoms with Crippen molar-refractivity contribution in [2.45, 2.75) is 20.4 Å². The fraction of sp³-hybridized carbons (Fsp3) is 0.444. The molecular formula is C18H24N4O2. The first-order valence-electron chi connectivity index (χ1n) is 8.37. The Hall–Kier alpha value is -2.34. The second kappa shape index (κ2) is 7.05. The lowest BCUT2D eigenvalue weighted by Crippen LogP contribution is -2.36. The van der Waals surface area contributed by atoms with E-state index in [0.717, 1.165) is 19.6 Å². The van der Waals surface area contributed by atoms with E-state index in [1.807, 2.05) is 11.0 Å². The molecule has 1 atom stereocenters. The maximum absolute atomic E-state index is 12.7. The van der Waals surface area contributed by atoms with E-state index in [9.17, 15) is 9.59 Å². The summed E-state index contributed by atoms with van der Waals surface area (Å²) in [5.41, 5.74) is 1.94. The zero-order valence-electron chi connectivity index (χ0n) is 14.2. The van der Waals surface area contributed by atoms with Crippen molar-refractivity contribution in [3.05, 3.63) is 57.8 Å². The molecule has 6 nitrogen and oxygen atoms in total. The van der Waals surface area contributed by atoms with E-state index in [1.54, 1.807) is 6.92 Å². The fourth-order valence-electron chi connectivity index (χ4n) is 3.33. The predicted octanol–water partition coefficient (Wildman–Crippen LogP) is 1.61. The summed E-state index contributed by atoms with van der Waals surface area (Å²) < 4.78 is 0. The molecule has 0 aliphatic carbocycles. The van der Waals surface area contributed by atoms with Crippen LogP contribution in [-0.4, -0.2) is 51.9 Å². The van der Waals surface area contributed by atoms with Gasteiger partial charge in [-0.3, -0.25) is 9.69 Å². The summed E-state index contributed by atoms with van der Waals surface area (Å²) in [5.74, 6) is 0.283. The zero-order valence-corrected chi connectivity index (χ0v) is 14.2. The average Bonchev–Trinajstić information content (AvgIpc) is 2.78. The molecule has 3 rings (SSSR count). The Kier molecular flexibility index (Phi) is 4.85. The minimum atomic E-state index is -0.329. The van der Waals surface area contributed by atoms with Crippen molar-refractivity contribution in [3.8, 4) is 0 Å². The molecule has 1 amide bonds. The summed E-state index contributed by atoms with van der Waals surface area (Å²) in [6, 6.07) is 10.4. The molecule has 6 heteroatoms. The number of H-pyrrole nitrogens is 2. The normalized spacial score (nSPS) is 19.2. The highest BCUT2D eigenvalue weighted by Gasteiger charge is 2.26. The molecular weight excluding hydrogens is 304 g/mol. The van der Waals surface area contributed by atoms with Crippen LogP contribution in [0.25, 0.3) is 0 Å². The SMILES string of the molecule is Cc1[nH]c(=O)[nH]c1C(=O)N1CCN(Cc2ccccc2)CC(C)C1. The molecule has 1 aromatic heterocycles. The molecule has 1 aliphatic rings. The van der Waals surface area contributed by atoms with E-state index in [4.69, 9.17) is 0 Å². The maximum Gasteiger partial charge on any atom is 0.323 e. The minimum Gasteiger partial charge on any atom is -0.336 e. The molecule has 2 N–H and O–H groups in total.